The molecule has 0 bridgehead atoms. The van der Waals surface area contributed by atoms with Crippen molar-refractivity contribution in [2.24, 2.45) is 0 Å². The second-order valence-electron chi connectivity index (χ2n) is 15.6. The Kier molecular flexibility index (Phi) is 16.6. The van der Waals surface area contributed by atoms with E-state index in [9.17, 15) is 19.2 Å². The van der Waals surface area contributed by atoms with Crippen LogP contribution in [0.3, 0.4) is 0 Å². The smallest absolute Gasteiger partial charge is 0.408 e. The molecule has 0 aliphatic heterocycles. The number of rotatable bonds is 18. The minimum atomic E-state index is -1.11. The van der Waals surface area contributed by atoms with Crippen molar-refractivity contribution in [3.63, 3.8) is 0 Å². The Morgan fingerprint density at radius 2 is 1.15 bits per heavy atom. The number of esters is 1. The van der Waals surface area contributed by atoms with E-state index >= 15 is 0 Å². The van der Waals surface area contributed by atoms with Gasteiger partial charge in [0.25, 0.3) is 0 Å². The van der Waals surface area contributed by atoms with Crippen LogP contribution in [0.4, 0.5) is 4.79 Å². The van der Waals surface area contributed by atoms with Gasteiger partial charge in [0.05, 0.1) is 0 Å². The van der Waals surface area contributed by atoms with Crippen LogP contribution in [0.2, 0.25) is 0 Å². The zero-order valence-corrected chi connectivity index (χ0v) is 33.1. The summed E-state index contributed by atoms with van der Waals surface area (Å²) in [5.74, 6) is -1.51. The van der Waals surface area contributed by atoms with Crippen molar-refractivity contribution in [2.75, 3.05) is 6.54 Å². The van der Waals surface area contributed by atoms with Gasteiger partial charge in [0, 0.05) is 19.4 Å². The van der Waals surface area contributed by atoms with Crippen molar-refractivity contribution >= 4 is 23.9 Å². The maximum absolute atomic E-state index is 15.0. The first-order valence-electron chi connectivity index (χ1n) is 19.1. The average Bonchev–Trinajstić information content (AvgIpc) is 3.09. The highest BCUT2D eigenvalue weighted by Crippen LogP contribution is 2.26. The summed E-state index contributed by atoms with van der Waals surface area (Å²) in [4.78, 5) is 58.3. The normalized spacial score (nSPS) is 13.3. The van der Waals surface area contributed by atoms with E-state index in [1.807, 2.05) is 84.9 Å². The lowest BCUT2D eigenvalue weighted by Gasteiger charge is -2.35. The van der Waals surface area contributed by atoms with Gasteiger partial charge in [-0.2, -0.15) is 0 Å². The molecule has 3 aromatic carbocycles. The highest BCUT2D eigenvalue weighted by Gasteiger charge is 2.38. The molecule has 3 rings (SSSR count). The lowest BCUT2D eigenvalue weighted by Crippen LogP contribution is -2.55. The summed E-state index contributed by atoms with van der Waals surface area (Å²) >= 11 is 0. The molecule has 0 heterocycles. The van der Waals surface area contributed by atoms with Gasteiger partial charge in [0.1, 0.15) is 29.3 Å². The van der Waals surface area contributed by atoms with Gasteiger partial charge < -0.3 is 25.0 Å². The Labute approximate surface area is 317 Å². The Morgan fingerprint density at radius 3 is 1.66 bits per heavy atom. The molecule has 0 aromatic heterocycles. The molecule has 3 amide bonds. The largest absolute Gasteiger partial charge is 0.458 e. The molecule has 0 spiro atoms. The topological polar surface area (TPSA) is 114 Å². The van der Waals surface area contributed by atoms with Crippen molar-refractivity contribution in [1.29, 1.82) is 0 Å². The molecular weight excluding hydrogens is 666 g/mol. The van der Waals surface area contributed by atoms with E-state index in [4.69, 9.17) is 9.47 Å². The lowest BCUT2D eigenvalue weighted by molar-refractivity contribution is -0.159. The first-order chi connectivity index (χ1) is 25.1. The summed E-state index contributed by atoms with van der Waals surface area (Å²) in [5.41, 5.74) is 1.79. The van der Waals surface area contributed by atoms with Crippen LogP contribution in [0, 0.1) is 0 Å². The van der Waals surface area contributed by atoms with Gasteiger partial charge in [-0.05, 0) is 76.6 Å². The monoisotopic (exact) mass is 727 g/mol. The van der Waals surface area contributed by atoms with Crippen molar-refractivity contribution in [3.8, 4) is 0 Å². The summed E-state index contributed by atoms with van der Waals surface area (Å²) in [6.07, 6.45) is 5.07. The third-order valence-electron chi connectivity index (χ3n) is 8.61. The molecule has 0 radical (unpaired) electrons. The minimum Gasteiger partial charge on any atom is -0.458 e. The maximum atomic E-state index is 15.0. The molecule has 0 saturated carbocycles. The highest BCUT2D eigenvalue weighted by molar-refractivity contribution is 5.94. The first kappa shape index (κ1) is 42.8. The molecule has 0 saturated heterocycles. The number of nitrogens with zero attached hydrogens (tertiary/aromatic N) is 1. The quantitative estimate of drug-likeness (QED) is 0.101. The Morgan fingerprint density at radius 1 is 0.623 bits per heavy atom. The minimum absolute atomic E-state index is 0.183. The number of benzene rings is 3. The molecule has 3 atom stereocenters. The van der Waals surface area contributed by atoms with E-state index in [1.165, 1.54) is 0 Å². The van der Waals surface area contributed by atoms with E-state index in [1.54, 1.807) is 46.4 Å². The number of unbranched alkanes of at least 4 members (excludes halogenated alkanes) is 4. The van der Waals surface area contributed by atoms with Gasteiger partial charge >= 0.3 is 12.1 Å². The van der Waals surface area contributed by atoms with Crippen LogP contribution in [0.15, 0.2) is 84.9 Å². The summed E-state index contributed by atoms with van der Waals surface area (Å²) in [6.45, 7) is 15.1. The molecule has 2 N–H and O–H groups in total. The van der Waals surface area contributed by atoms with Crippen LogP contribution in [0.1, 0.15) is 116 Å². The molecule has 9 nitrogen and oxygen atoms in total. The molecule has 0 fully saturated rings. The number of hydrogen-bond acceptors (Lipinski definition) is 6. The molecule has 53 heavy (non-hydrogen) atoms. The zero-order chi connectivity index (χ0) is 39.0. The van der Waals surface area contributed by atoms with Crippen molar-refractivity contribution < 1.29 is 28.7 Å². The molecule has 3 aromatic rings. The molecule has 288 valence electrons. The zero-order valence-electron chi connectivity index (χ0n) is 33.1. The van der Waals surface area contributed by atoms with Crippen LogP contribution < -0.4 is 10.6 Å². The second-order valence-corrected chi connectivity index (χ2v) is 15.6. The summed E-state index contributed by atoms with van der Waals surface area (Å²) < 4.78 is 11.4. The molecule has 3 unspecified atom stereocenters. The molecule has 9 heteroatoms. The fourth-order valence-corrected chi connectivity index (χ4v) is 6.03. The molecular formula is C44H61N3O6. The van der Waals surface area contributed by atoms with Crippen molar-refractivity contribution in [1.82, 2.24) is 15.5 Å². The number of carbonyl (C=O) groups excluding carboxylic acids is 4. The molecule has 0 aliphatic carbocycles. The second kappa shape index (κ2) is 20.5. The highest BCUT2D eigenvalue weighted by atomic mass is 16.6. The maximum Gasteiger partial charge on any atom is 0.408 e. The van der Waals surface area contributed by atoms with Crippen LogP contribution in [0.5, 0.6) is 0 Å². The van der Waals surface area contributed by atoms with Crippen LogP contribution in [0.25, 0.3) is 0 Å². The predicted molar refractivity (Wildman–Crippen MR) is 210 cm³/mol. The number of amides is 3. The van der Waals surface area contributed by atoms with Gasteiger partial charge in [-0.25, -0.2) is 9.59 Å². The van der Waals surface area contributed by atoms with Crippen LogP contribution >= 0.6 is 0 Å². The fraction of sp³-hybridized carbons (Fsp3) is 0.500. The number of ether oxygens (including phenoxy) is 2. The van der Waals surface area contributed by atoms with Gasteiger partial charge in [-0.15, -0.1) is 0 Å². The lowest BCUT2D eigenvalue weighted by atomic mass is 9.97. The van der Waals surface area contributed by atoms with Crippen molar-refractivity contribution in [2.45, 2.75) is 136 Å². The van der Waals surface area contributed by atoms with Gasteiger partial charge in [0.15, 0.2) is 0 Å². The van der Waals surface area contributed by atoms with Gasteiger partial charge in [-0.1, -0.05) is 124 Å². The summed E-state index contributed by atoms with van der Waals surface area (Å²) in [5, 5.41) is 5.84. The summed E-state index contributed by atoms with van der Waals surface area (Å²) in [7, 11) is 0. The van der Waals surface area contributed by atoms with Gasteiger partial charge in [-0.3, -0.25) is 9.59 Å². The van der Waals surface area contributed by atoms with E-state index in [0.717, 1.165) is 48.8 Å². The van der Waals surface area contributed by atoms with E-state index in [0.29, 0.717) is 12.0 Å². The van der Waals surface area contributed by atoms with E-state index < -0.39 is 53.2 Å². The SMILES string of the molecule is CCCCCCCN(C(=O)C(Cc1ccccc1)NC(=O)OC(C)(C)C)C(C(=O)NC(Cc1ccccc1)C(=O)OC(C)(C)C)c1ccc(CC)cc1. The van der Waals surface area contributed by atoms with Crippen LogP contribution in [-0.2, 0) is 43.1 Å². The Balaban J connectivity index is 2.13. The fourth-order valence-electron chi connectivity index (χ4n) is 6.03. The Bertz CT molecular complexity index is 1580. The molecule has 0 aliphatic rings. The standard InChI is InChI=1S/C44H61N3O6/c1-9-11-12-13-20-29-47(40(49)36(30-33-21-16-14-17-22-33)46-42(51)53-44(6,7)8)38(35-27-25-32(10-2)26-28-35)39(48)45-37(41(50)52-43(3,4)5)31-34-23-18-15-19-24-34/h14-19,21-28,36-38H,9-13,20,29-31H2,1-8H3,(H,45,48)(H,46,51). The third-order valence-corrected chi connectivity index (χ3v) is 8.61. The van der Waals surface area contributed by atoms with E-state index in [-0.39, 0.29) is 19.4 Å². The van der Waals surface area contributed by atoms with Crippen molar-refractivity contribution in [3.05, 3.63) is 107 Å². The van der Waals surface area contributed by atoms with Crippen LogP contribution in [-0.4, -0.2) is 58.6 Å². The number of carbonyl (C=O) groups is 4. The van der Waals surface area contributed by atoms with Gasteiger partial charge in [0.2, 0.25) is 11.8 Å². The average molecular weight is 728 g/mol. The number of hydrogen-bond donors (Lipinski definition) is 2. The first-order valence-corrected chi connectivity index (χ1v) is 19.1. The third kappa shape index (κ3) is 15.1. The number of aryl methyl sites for hydroxylation is 1. The Hall–Kier alpha value is -4.66. The number of alkyl carbamates (subject to hydrolysis) is 1. The predicted octanol–water partition coefficient (Wildman–Crippen LogP) is 8.29. The number of nitrogens with one attached hydrogen (secondary N) is 2. The summed E-state index contributed by atoms with van der Waals surface area (Å²) in [6, 6.07) is 23.4. The van der Waals surface area contributed by atoms with E-state index in [2.05, 4.69) is 24.5 Å².